The fraction of sp³-hybridized carbons (Fsp3) is 0.607. The zero-order valence-corrected chi connectivity index (χ0v) is 82.2. The van der Waals surface area contributed by atoms with E-state index in [1.165, 1.54) is 12.1 Å². The molecule has 123 heavy (non-hydrogen) atoms. The number of sulfonamides is 3. The maximum atomic E-state index is 12.5. The number of nitrogens with two attached hydrogens (primary N) is 1. The Kier molecular flexibility index (Phi) is 46.0. The molecule has 684 valence electrons. The average Bonchev–Trinajstić information content (AvgIpc) is 1.68. The van der Waals surface area contributed by atoms with E-state index < -0.39 is 61.5 Å². The monoisotopic (exact) mass is 1860 g/mol. The molecule has 39 heteroatoms. The van der Waals surface area contributed by atoms with Gasteiger partial charge in [-0.2, -0.15) is 0 Å². The third-order valence-corrected chi connectivity index (χ3v) is 25.6. The standard InChI is InChI=1S/3C19H28N2O5S.C13H24N2O3.C6H5ClO2S.C4H6.C3H4.CH2O3.Na.H4P2/c3*1-18(2,3)26-17(22)21-11-9-19(10-12-21)13-15(14-25-19)20-27(23,24)16-7-5-4-6-8-16;1-12(2,3)18-11(16)15-6-4-13(5-7-15)8-10(14)9-17-13;7-10(8,9)6-4-2-1-3-5-6;1-3-4-2;1-3-2;2-1-4-3;;1-2/h3*4-8,15,20H,9-14H2,1-3H3;10H,4-9,14H2,1-3H3;1-5H;1-2H3;1H,2H3;1,3H;;1-2H2/q;;;;;;;;+1;/p-1/t2*15-;;;;;;;;/m10......../s1. The predicted molar refractivity (Wildman–Crippen MR) is 471 cm³/mol. The third-order valence-electron chi connectivity index (χ3n) is 19.6. The van der Waals surface area contributed by atoms with Crippen LogP contribution >= 0.6 is 28.5 Å². The van der Waals surface area contributed by atoms with E-state index in [2.05, 4.69) is 61.1 Å². The number of terminal acetylenes is 1. The van der Waals surface area contributed by atoms with Gasteiger partial charge in [-0.1, -0.05) is 72.8 Å². The molecule has 12 rings (SSSR count). The fourth-order valence-corrected chi connectivity index (χ4v) is 18.5. The van der Waals surface area contributed by atoms with Crippen LogP contribution in [0.3, 0.4) is 0 Å². The Balaban J connectivity index is 0.000000391. The summed E-state index contributed by atoms with van der Waals surface area (Å²) >= 11 is 0. The first kappa shape index (κ1) is 111. The molecule has 5 N–H and O–H groups in total. The fourth-order valence-electron chi connectivity index (χ4n) is 14.0. The molecule has 4 aromatic carbocycles. The largest absolute Gasteiger partial charge is 1.00 e. The van der Waals surface area contributed by atoms with Gasteiger partial charge in [-0.25, -0.2) is 67.0 Å². The van der Waals surface area contributed by atoms with E-state index in [4.69, 9.17) is 64.4 Å². The van der Waals surface area contributed by atoms with Gasteiger partial charge in [0.1, 0.15) is 22.4 Å². The average molecular weight is 1870 g/mol. The summed E-state index contributed by atoms with van der Waals surface area (Å²) in [6.07, 6.45) is 12.0. The molecule has 4 amide bonds. The normalized spacial score (nSPS) is 20.3. The number of nitrogens with zero attached hydrogens (tertiary/aromatic N) is 4. The molecular weight excluding hydrogens is 1740 g/mol. The Labute approximate surface area is 761 Å². The van der Waals surface area contributed by atoms with Gasteiger partial charge in [-0.3, -0.25) is 4.79 Å². The number of piperidine rings is 4. The molecule has 6 atom stereocenters. The van der Waals surface area contributed by atoms with Gasteiger partial charge in [0, 0.05) is 87.2 Å². The van der Waals surface area contributed by atoms with Crippen LogP contribution in [-0.4, -0.2) is 232 Å². The Morgan fingerprint density at radius 3 is 0.797 bits per heavy atom. The van der Waals surface area contributed by atoms with E-state index in [1.807, 2.05) is 96.9 Å². The molecule has 31 nitrogen and oxygen atoms in total. The van der Waals surface area contributed by atoms with Crippen molar-refractivity contribution in [1.29, 1.82) is 0 Å². The van der Waals surface area contributed by atoms with Gasteiger partial charge in [-0.15, -0.1) is 42.0 Å². The quantitative estimate of drug-likeness (QED) is 0.0160. The third kappa shape index (κ3) is 39.7. The number of nitrogens with one attached hydrogen (secondary N) is 3. The summed E-state index contributed by atoms with van der Waals surface area (Å²) in [6, 6.07) is 32.3. The second kappa shape index (κ2) is 50.8. The van der Waals surface area contributed by atoms with Gasteiger partial charge >= 0.3 is 53.9 Å². The minimum atomic E-state index is -3.56. The van der Waals surface area contributed by atoms with Gasteiger partial charge in [0.2, 0.25) is 30.1 Å². The minimum absolute atomic E-state index is 0. The topological polar surface area (TPSA) is 403 Å². The van der Waals surface area contributed by atoms with Crippen LogP contribution in [0.25, 0.3) is 0 Å². The van der Waals surface area contributed by atoms with Crippen molar-refractivity contribution in [3.05, 3.63) is 121 Å². The van der Waals surface area contributed by atoms with Crippen molar-refractivity contribution >= 4 is 98.5 Å². The Morgan fingerprint density at radius 2 is 0.634 bits per heavy atom. The van der Waals surface area contributed by atoms with Crippen molar-refractivity contribution in [2.24, 2.45) is 5.73 Å². The summed E-state index contributed by atoms with van der Waals surface area (Å²) < 4.78 is 150. The number of carbonyl (C=O) groups is 5. The predicted octanol–water partition coefficient (Wildman–Crippen LogP) is 8.45. The van der Waals surface area contributed by atoms with E-state index >= 15 is 0 Å². The Hall–Kier alpha value is -5.86. The number of carbonyl (C=O) groups excluding carboxylic acids is 5. The van der Waals surface area contributed by atoms with E-state index in [0.717, 1.165) is 19.3 Å². The maximum absolute atomic E-state index is 12.5. The number of rotatable bonds is 11. The van der Waals surface area contributed by atoms with Crippen LogP contribution in [0.2, 0.25) is 0 Å². The van der Waals surface area contributed by atoms with Crippen LogP contribution in [0, 0.1) is 24.2 Å². The smallest absolute Gasteiger partial charge is 0.662 e. The van der Waals surface area contributed by atoms with Crippen molar-refractivity contribution in [1.82, 2.24) is 33.8 Å². The number of hydrogen-bond acceptors (Lipinski definition) is 24. The van der Waals surface area contributed by atoms with Crippen LogP contribution in [0.4, 0.5) is 19.2 Å². The van der Waals surface area contributed by atoms with Crippen LogP contribution < -0.4 is 54.7 Å². The van der Waals surface area contributed by atoms with Gasteiger partial charge < -0.3 is 73.4 Å². The van der Waals surface area contributed by atoms with Crippen molar-refractivity contribution in [3.8, 4) is 24.2 Å². The molecule has 0 aliphatic carbocycles. The number of amides is 4. The molecule has 4 spiro atoms. The van der Waals surface area contributed by atoms with E-state index in [-0.39, 0.29) is 127 Å². The molecule has 0 radical (unpaired) electrons. The van der Waals surface area contributed by atoms with Gasteiger partial charge in [0.15, 0.2) is 0 Å². The van der Waals surface area contributed by atoms with Gasteiger partial charge in [0.05, 0.1) is 68.4 Å². The Morgan fingerprint density at radius 1 is 0.439 bits per heavy atom. The van der Waals surface area contributed by atoms with Gasteiger partial charge in [0.25, 0.3) is 15.5 Å². The van der Waals surface area contributed by atoms with E-state index in [0.29, 0.717) is 137 Å². The van der Waals surface area contributed by atoms with E-state index in [1.54, 1.807) is 136 Å². The van der Waals surface area contributed by atoms with Crippen LogP contribution in [0.1, 0.15) is 181 Å². The Bertz CT molecular complexity index is 4170. The summed E-state index contributed by atoms with van der Waals surface area (Å²) in [5.41, 5.74) is 2.70. The molecule has 0 saturated carbocycles. The van der Waals surface area contributed by atoms with E-state index in [9.17, 15) is 52.8 Å². The second-order valence-corrected chi connectivity index (χ2v) is 41.8. The number of ether oxygens (including phenoxy) is 8. The molecule has 4 unspecified atom stereocenters. The SMILES string of the molecule is C#CC.CC#CC.CC(C)(C)OC(=O)N1CCC2(CC1)CC(N)CO2.CC(C)(C)OC(=O)N1CCC2(CC1)CC(NS(=O)(=O)c1ccccc1)CO2.CC(C)(C)OC(=O)N1CCC2(CC1)C[C@@H](NS(=O)(=O)c1ccccc1)CO2.CC(C)(C)OC(=O)N1CCC2(CC1)C[C@H](NS(=O)(=O)c1ccccc1)CO2.O=CO[O-].O=S(=O)(Cl)c1ccccc1.PP.[Na+]. The number of likely N-dealkylation sites (tertiary alicyclic amines) is 4. The molecule has 8 aliphatic rings. The van der Waals surface area contributed by atoms with Crippen molar-refractivity contribution < 1.29 is 135 Å². The zero-order chi connectivity index (χ0) is 91.7. The first-order valence-electron chi connectivity index (χ1n) is 40.1. The van der Waals surface area contributed by atoms with Crippen LogP contribution in [0.15, 0.2) is 141 Å². The van der Waals surface area contributed by atoms with Crippen molar-refractivity contribution in [2.75, 3.05) is 78.8 Å². The van der Waals surface area contributed by atoms with Crippen molar-refractivity contribution in [2.45, 2.75) is 269 Å². The zero-order valence-electron chi connectivity index (χ0n) is 73.9. The molecule has 4 aromatic rings. The summed E-state index contributed by atoms with van der Waals surface area (Å²) in [5, 5.41) is 8.43. The minimum Gasteiger partial charge on any atom is -0.662 e. The summed E-state index contributed by atoms with van der Waals surface area (Å²) in [6.45, 7) is 33.8. The number of benzene rings is 4. The molecule has 8 fully saturated rings. The first-order chi connectivity index (χ1) is 56.9. The van der Waals surface area contributed by atoms with Crippen LogP contribution in [-0.2, 0) is 86.7 Å². The molecule has 8 aliphatic heterocycles. The molecule has 8 heterocycles. The summed E-state index contributed by atoms with van der Waals surface area (Å²) in [5.74, 6) is 7.61. The molecule has 0 bridgehead atoms. The summed E-state index contributed by atoms with van der Waals surface area (Å²) in [4.78, 5) is 67.5. The molecular formula is C84H128ClN8NaO23P2S4. The summed E-state index contributed by atoms with van der Waals surface area (Å²) in [7, 11) is -4.51. The van der Waals surface area contributed by atoms with Crippen molar-refractivity contribution in [3.63, 3.8) is 0 Å². The number of halogens is 1. The molecule has 8 saturated heterocycles. The number of hydrogen-bond donors (Lipinski definition) is 4. The van der Waals surface area contributed by atoms with Gasteiger partial charge in [-0.05, 0) is 229 Å². The first-order valence-corrected chi connectivity index (χ1v) is 49.5. The second-order valence-electron chi connectivity index (χ2n) is 34.0. The maximum Gasteiger partial charge on any atom is 1.00 e. The van der Waals surface area contributed by atoms with Crippen LogP contribution in [0.5, 0.6) is 0 Å². The molecule has 0 aromatic heterocycles.